The van der Waals surface area contributed by atoms with Crippen molar-refractivity contribution in [1.82, 2.24) is 4.72 Å². The Labute approximate surface area is 119 Å². The van der Waals surface area contributed by atoms with Crippen LogP contribution in [0, 0.1) is 10.1 Å². The largest absolute Gasteiger partial charge is 0.393 e. The van der Waals surface area contributed by atoms with Crippen LogP contribution in [0.25, 0.3) is 0 Å². The third-order valence-corrected chi connectivity index (χ3v) is 5.35. The number of rotatable bonds is 6. The van der Waals surface area contributed by atoms with Crippen LogP contribution in [-0.2, 0) is 20.8 Å². The Bertz CT molecular complexity index is 644. The fraction of sp³-hybridized carbons (Fsp3) is 0.400. The fourth-order valence-corrected chi connectivity index (χ4v) is 2.88. The van der Waals surface area contributed by atoms with Crippen molar-refractivity contribution in [2.75, 3.05) is 18.5 Å². The molecule has 0 saturated carbocycles. The molecule has 1 aromatic rings. The minimum atomic E-state index is -3.84. The van der Waals surface area contributed by atoms with E-state index in [1.807, 2.05) is 0 Å². The molecule has 0 radical (unpaired) electrons. The van der Waals surface area contributed by atoms with Gasteiger partial charge >= 0.3 is 0 Å². The number of nitrogen functional groups attached to an aromatic ring is 1. The average molecular weight is 321 g/mol. The van der Waals surface area contributed by atoms with Crippen LogP contribution >= 0.6 is 0 Å². The van der Waals surface area contributed by atoms with Crippen LogP contribution in [0.3, 0.4) is 0 Å². The molecule has 0 bridgehead atoms. The Hall–Kier alpha value is -1.52. The lowest BCUT2D eigenvalue weighted by atomic mass is 10.3. The van der Waals surface area contributed by atoms with Crippen LogP contribution in [0.5, 0.6) is 0 Å². The van der Waals surface area contributed by atoms with E-state index in [0.29, 0.717) is 0 Å². The monoisotopic (exact) mass is 321 g/mol. The summed E-state index contributed by atoms with van der Waals surface area (Å²) in [5.41, 5.74) is 4.85. The molecule has 2 unspecified atom stereocenters. The lowest BCUT2D eigenvalue weighted by molar-refractivity contribution is -0.383. The van der Waals surface area contributed by atoms with E-state index in [1.165, 1.54) is 6.26 Å². The molecule has 0 aliphatic heterocycles. The number of hydrogen-bond acceptors (Lipinski definition) is 6. The van der Waals surface area contributed by atoms with E-state index in [1.54, 1.807) is 6.92 Å². The number of anilines is 1. The molecule has 0 aliphatic rings. The topological polar surface area (TPSA) is 132 Å². The van der Waals surface area contributed by atoms with Crippen molar-refractivity contribution in [3.05, 3.63) is 28.3 Å². The number of nitro benzene ring substituents is 1. The third kappa shape index (κ3) is 3.99. The second kappa shape index (κ2) is 6.29. The normalized spacial score (nSPS) is 14.7. The van der Waals surface area contributed by atoms with Crippen LogP contribution in [-0.4, -0.2) is 35.6 Å². The number of sulfonamides is 1. The van der Waals surface area contributed by atoms with Gasteiger partial charge < -0.3 is 5.73 Å². The molecule has 0 spiro atoms. The molecule has 0 aliphatic carbocycles. The van der Waals surface area contributed by atoms with Crippen LogP contribution < -0.4 is 10.5 Å². The first-order valence-electron chi connectivity index (χ1n) is 5.51. The van der Waals surface area contributed by atoms with Gasteiger partial charge in [0.1, 0.15) is 5.69 Å². The lowest BCUT2D eigenvalue weighted by Crippen LogP contribution is -2.32. The second-order valence-corrected chi connectivity index (χ2v) is 7.71. The van der Waals surface area contributed by atoms with Crippen molar-refractivity contribution < 1.29 is 17.6 Å². The third-order valence-electron chi connectivity index (χ3n) is 2.63. The van der Waals surface area contributed by atoms with Crippen molar-refractivity contribution in [3.8, 4) is 0 Å². The Kier molecular flexibility index (Phi) is 5.20. The summed E-state index contributed by atoms with van der Waals surface area (Å²) in [4.78, 5) is 9.73. The number of nitro groups is 1. The summed E-state index contributed by atoms with van der Waals surface area (Å²) in [5.74, 6) is 0. The molecule has 3 N–H and O–H groups in total. The Morgan fingerprint density at radius 2 is 2.10 bits per heavy atom. The molecular formula is C10H15N3O5S2. The molecular weight excluding hydrogens is 306 g/mol. The van der Waals surface area contributed by atoms with E-state index in [4.69, 9.17) is 5.73 Å². The molecule has 1 aromatic carbocycles. The molecule has 0 saturated heterocycles. The minimum Gasteiger partial charge on any atom is -0.393 e. The van der Waals surface area contributed by atoms with Crippen molar-refractivity contribution >= 4 is 32.2 Å². The Morgan fingerprint density at radius 3 is 2.55 bits per heavy atom. The smallest absolute Gasteiger partial charge is 0.292 e. The zero-order valence-electron chi connectivity index (χ0n) is 10.9. The zero-order valence-corrected chi connectivity index (χ0v) is 12.5. The molecule has 10 heteroatoms. The summed E-state index contributed by atoms with van der Waals surface area (Å²) in [6.07, 6.45) is 1.48. The first-order chi connectivity index (χ1) is 9.15. The Balaban J connectivity index is 2.96. The standard InChI is InChI=1S/C10H15N3O5S2/c1-7(19(2)16)6-12-20(17,18)8-3-4-10(13(14)15)9(11)5-8/h3-5,7,12H,6,11H2,1-2H3. The quantitative estimate of drug-likeness (QED) is 0.437. The van der Waals surface area contributed by atoms with Gasteiger partial charge in [-0.05, 0) is 19.1 Å². The van der Waals surface area contributed by atoms with E-state index < -0.39 is 25.7 Å². The number of nitrogens with zero attached hydrogens (tertiary/aromatic N) is 1. The van der Waals surface area contributed by atoms with E-state index in [9.17, 15) is 22.7 Å². The maximum absolute atomic E-state index is 12.0. The van der Waals surface area contributed by atoms with Crippen molar-refractivity contribution in [1.29, 1.82) is 0 Å². The molecule has 8 nitrogen and oxygen atoms in total. The summed E-state index contributed by atoms with van der Waals surface area (Å²) < 4.78 is 37.4. The molecule has 0 aromatic heterocycles. The Morgan fingerprint density at radius 1 is 1.50 bits per heavy atom. The highest BCUT2D eigenvalue weighted by Crippen LogP contribution is 2.24. The van der Waals surface area contributed by atoms with Gasteiger partial charge in [-0.15, -0.1) is 0 Å². The van der Waals surface area contributed by atoms with Crippen molar-refractivity contribution in [2.24, 2.45) is 0 Å². The van der Waals surface area contributed by atoms with Gasteiger partial charge in [0.2, 0.25) is 10.0 Å². The summed E-state index contributed by atoms with van der Waals surface area (Å²) >= 11 is 0. The first kappa shape index (κ1) is 16.5. The zero-order chi connectivity index (χ0) is 15.5. The van der Waals surface area contributed by atoms with Gasteiger partial charge in [-0.3, -0.25) is 14.3 Å². The molecule has 112 valence electrons. The summed E-state index contributed by atoms with van der Waals surface area (Å²) in [6, 6.07) is 3.16. The highest BCUT2D eigenvalue weighted by molar-refractivity contribution is 7.89. The predicted octanol–water partition coefficient (Wildman–Crippen LogP) is 0.222. The van der Waals surface area contributed by atoms with Crippen LogP contribution in [0.4, 0.5) is 11.4 Å². The van der Waals surface area contributed by atoms with Crippen molar-refractivity contribution in [3.63, 3.8) is 0 Å². The molecule has 2 atom stereocenters. The van der Waals surface area contributed by atoms with Gasteiger partial charge in [-0.25, -0.2) is 13.1 Å². The van der Waals surface area contributed by atoms with Gasteiger partial charge in [0.25, 0.3) is 5.69 Å². The maximum atomic E-state index is 12.0. The summed E-state index contributed by atoms with van der Waals surface area (Å²) in [5, 5.41) is 10.3. The summed E-state index contributed by atoms with van der Waals surface area (Å²) in [7, 11) is -5.00. The van der Waals surface area contributed by atoms with E-state index in [0.717, 1.165) is 18.2 Å². The highest BCUT2D eigenvalue weighted by atomic mass is 32.2. The van der Waals surface area contributed by atoms with Gasteiger partial charge in [0, 0.05) is 34.9 Å². The number of nitrogens with two attached hydrogens (primary N) is 1. The van der Waals surface area contributed by atoms with Crippen LogP contribution in [0.1, 0.15) is 6.92 Å². The molecule has 0 fully saturated rings. The van der Waals surface area contributed by atoms with E-state index in [2.05, 4.69) is 4.72 Å². The number of nitrogens with one attached hydrogen (secondary N) is 1. The van der Waals surface area contributed by atoms with Crippen molar-refractivity contribution in [2.45, 2.75) is 17.1 Å². The predicted molar refractivity (Wildman–Crippen MR) is 76.2 cm³/mol. The fourth-order valence-electron chi connectivity index (χ4n) is 1.29. The van der Waals surface area contributed by atoms with E-state index >= 15 is 0 Å². The maximum Gasteiger partial charge on any atom is 0.292 e. The van der Waals surface area contributed by atoms with Crippen LogP contribution in [0.15, 0.2) is 23.1 Å². The van der Waals surface area contributed by atoms with Gasteiger partial charge in [0.05, 0.1) is 9.82 Å². The number of hydrogen-bond donors (Lipinski definition) is 2. The second-order valence-electron chi connectivity index (χ2n) is 4.14. The minimum absolute atomic E-state index is 0.00232. The molecule has 1 rings (SSSR count). The van der Waals surface area contributed by atoms with Gasteiger partial charge in [-0.1, -0.05) is 0 Å². The highest BCUT2D eigenvalue weighted by Gasteiger charge is 2.20. The van der Waals surface area contributed by atoms with Gasteiger partial charge in [0.15, 0.2) is 0 Å². The lowest BCUT2D eigenvalue weighted by Gasteiger charge is -2.11. The molecule has 0 amide bonds. The summed E-state index contributed by atoms with van der Waals surface area (Å²) in [6.45, 7) is 1.64. The first-order valence-corrected chi connectivity index (χ1v) is 8.61. The molecule has 20 heavy (non-hydrogen) atoms. The van der Waals surface area contributed by atoms with Gasteiger partial charge in [-0.2, -0.15) is 0 Å². The molecule has 0 heterocycles. The van der Waals surface area contributed by atoms with E-state index in [-0.39, 0.29) is 28.1 Å². The van der Waals surface area contributed by atoms with Crippen LogP contribution in [0.2, 0.25) is 0 Å². The number of benzene rings is 1. The SMILES string of the molecule is CC(CNS(=O)(=O)c1ccc([N+](=O)[O-])c(N)c1)S(C)=O. The average Bonchev–Trinajstić information content (AvgIpc) is 2.35.